The first-order chi connectivity index (χ1) is 13.3. The molecule has 0 aliphatic carbocycles. The molecule has 1 saturated heterocycles. The summed E-state index contributed by atoms with van der Waals surface area (Å²) in [6.45, 7) is 9.36. The summed E-state index contributed by atoms with van der Waals surface area (Å²) in [6, 6.07) is 3.74. The lowest BCUT2D eigenvalue weighted by Crippen LogP contribution is -2.41. The van der Waals surface area contributed by atoms with Gasteiger partial charge in [-0.3, -0.25) is 9.59 Å². The number of rotatable bonds is 5. The Kier molecular flexibility index (Phi) is 6.44. The molecule has 2 amide bonds. The van der Waals surface area contributed by atoms with E-state index >= 15 is 0 Å². The minimum atomic E-state index is -0.0915. The Morgan fingerprint density at radius 3 is 2.57 bits per heavy atom. The molecule has 0 aromatic carbocycles. The quantitative estimate of drug-likeness (QED) is 0.827. The Bertz CT molecular complexity index is 837. The number of carbonyl (C=O) groups excluding carboxylic acids is 2. The van der Waals surface area contributed by atoms with E-state index in [0.29, 0.717) is 37.7 Å². The van der Waals surface area contributed by atoms with Crippen LogP contribution < -0.4 is 5.32 Å². The van der Waals surface area contributed by atoms with Crippen molar-refractivity contribution in [3.63, 3.8) is 0 Å². The lowest BCUT2D eigenvalue weighted by atomic mass is 9.95. The Morgan fingerprint density at radius 2 is 1.96 bits per heavy atom. The molecule has 0 saturated carbocycles. The molecule has 1 aliphatic rings. The van der Waals surface area contributed by atoms with Gasteiger partial charge in [-0.1, -0.05) is 19.9 Å². The van der Waals surface area contributed by atoms with Gasteiger partial charge in [0.2, 0.25) is 5.91 Å². The van der Waals surface area contributed by atoms with Gasteiger partial charge in [-0.2, -0.15) is 0 Å². The molecule has 0 bridgehead atoms. The second-order valence-electron chi connectivity index (χ2n) is 7.90. The summed E-state index contributed by atoms with van der Waals surface area (Å²) in [5, 5.41) is 3.91. The molecule has 28 heavy (non-hydrogen) atoms. The SMILES string of the molecule is Cc1ccc(NC(=O)C2CCN(C(=O)c3sc(CC(C)C)nc3C)CC2)nc1. The summed E-state index contributed by atoms with van der Waals surface area (Å²) < 4.78 is 0. The van der Waals surface area contributed by atoms with Crippen molar-refractivity contribution in [3.8, 4) is 0 Å². The monoisotopic (exact) mass is 400 g/mol. The fourth-order valence-electron chi connectivity index (χ4n) is 3.35. The maximum Gasteiger partial charge on any atom is 0.265 e. The molecule has 3 heterocycles. The van der Waals surface area contributed by atoms with Crippen LogP contribution >= 0.6 is 11.3 Å². The summed E-state index contributed by atoms with van der Waals surface area (Å²) in [4.78, 5) is 36.8. The third-order valence-corrected chi connectivity index (χ3v) is 6.10. The Hall–Kier alpha value is -2.28. The van der Waals surface area contributed by atoms with Crippen molar-refractivity contribution >= 4 is 29.0 Å². The molecule has 2 aromatic rings. The van der Waals surface area contributed by atoms with E-state index in [0.717, 1.165) is 27.6 Å². The molecular weight excluding hydrogens is 372 g/mol. The van der Waals surface area contributed by atoms with Crippen molar-refractivity contribution in [1.29, 1.82) is 0 Å². The van der Waals surface area contributed by atoms with Crippen LogP contribution in [-0.2, 0) is 11.2 Å². The highest BCUT2D eigenvalue weighted by Gasteiger charge is 2.29. The highest BCUT2D eigenvalue weighted by Crippen LogP contribution is 2.25. The van der Waals surface area contributed by atoms with Crippen molar-refractivity contribution in [1.82, 2.24) is 14.9 Å². The van der Waals surface area contributed by atoms with Crippen molar-refractivity contribution in [2.75, 3.05) is 18.4 Å². The maximum absolute atomic E-state index is 12.9. The molecule has 0 radical (unpaired) electrons. The first kappa shape index (κ1) is 20.5. The molecule has 7 heteroatoms. The first-order valence-corrected chi connectivity index (χ1v) is 10.6. The second kappa shape index (κ2) is 8.82. The van der Waals surface area contributed by atoms with Crippen LogP contribution in [0.15, 0.2) is 18.3 Å². The van der Waals surface area contributed by atoms with Gasteiger partial charge in [-0.05, 0) is 44.2 Å². The number of nitrogens with one attached hydrogen (secondary N) is 1. The molecule has 3 rings (SSSR count). The van der Waals surface area contributed by atoms with E-state index in [1.165, 1.54) is 11.3 Å². The van der Waals surface area contributed by atoms with E-state index in [9.17, 15) is 9.59 Å². The number of carbonyl (C=O) groups is 2. The summed E-state index contributed by atoms with van der Waals surface area (Å²) in [5.41, 5.74) is 1.87. The predicted molar refractivity (Wildman–Crippen MR) is 112 cm³/mol. The van der Waals surface area contributed by atoms with E-state index in [1.54, 1.807) is 6.20 Å². The first-order valence-electron chi connectivity index (χ1n) is 9.82. The molecule has 1 aliphatic heterocycles. The summed E-state index contributed by atoms with van der Waals surface area (Å²) >= 11 is 1.51. The van der Waals surface area contributed by atoms with Gasteiger partial charge in [0.1, 0.15) is 10.7 Å². The Morgan fingerprint density at radius 1 is 1.25 bits per heavy atom. The lowest BCUT2D eigenvalue weighted by Gasteiger charge is -2.31. The summed E-state index contributed by atoms with van der Waals surface area (Å²) in [7, 11) is 0. The third-order valence-electron chi connectivity index (χ3n) is 4.93. The highest BCUT2D eigenvalue weighted by atomic mass is 32.1. The molecular formula is C21H28N4O2S. The predicted octanol–water partition coefficient (Wildman–Crippen LogP) is 3.84. The molecule has 1 N–H and O–H groups in total. The fourth-order valence-corrected chi connectivity index (χ4v) is 4.59. The number of hydrogen-bond acceptors (Lipinski definition) is 5. The lowest BCUT2D eigenvalue weighted by molar-refractivity contribution is -0.121. The van der Waals surface area contributed by atoms with Crippen LogP contribution in [0.1, 0.15) is 52.6 Å². The van der Waals surface area contributed by atoms with Crippen molar-refractivity contribution < 1.29 is 9.59 Å². The van der Waals surface area contributed by atoms with Gasteiger partial charge in [-0.25, -0.2) is 9.97 Å². The number of amides is 2. The highest BCUT2D eigenvalue weighted by molar-refractivity contribution is 7.13. The number of aryl methyl sites for hydroxylation is 2. The van der Waals surface area contributed by atoms with Crippen molar-refractivity contribution in [2.45, 2.75) is 47.0 Å². The zero-order valence-corrected chi connectivity index (χ0v) is 17.8. The number of aromatic nitrogens is 2. The van der Waals surface area contributed by atoms with Crippen LogP contribution in [0.3, 0.4) is 0 Å². The zero-order valence-electron chi connectivity index (χ0n) is 17.0. The standard InChI is InChI=1S/C21H28N4O2S/c1-13(2)11-18-23-15(4)19(28-18)21(27)25-9-7-16(8-10-25)20(26)24-17-6-5-14(3)12-22-17/h5-6,12-13,16H,7-11H2,1-4H3,(H,22,24,26). The minimum Gasteiger partial charge on any atom is -0.338 e. The molecule has 1 fully saturated rings. The number of hydrogen-bond donors (Lipinski definition) is 1. The summed E-state index contributed by atoms with van der Waals surface area (Å²) in [5.74, 6) is 1.03. The number of pyridine rings is 1. The van der Waals surface area contributed by atoms with E-state index in [-0.39, 0.29) is 17.7 Å². The zero-order chi connectivity index (χ0) is 20.3. The number of piperidine rings is 1. The van der Waals surface area contributed by atoms with Crippen LogP contribution in [0.2, 0.25) is 0 Å². The van der Waals surface area contributed by atoms with Gasteiger partial charge in [0.25, 0.3) is 5.91 Å². The van der Waals surface area contributed by atoms with E-state index < -0.39 is 0 Å². The smallest absolute Gasteiger partial charge is 0.265 e. The molecule has 0 unspecified atom stereocenters. The maximum atomic E-state index is 12.9. The fraction of sp³-hybridized carbons (Fsp3) is 0.524. The van der Waals surface area contributed by atoms with Gasteiger partial charge < -0.3 is 10.2 Å². The second-order valence-corrected chi connectivity index (χ2v) is 8.98. The normalized spacial score (nSPS) is 15.1. The Balaban J connectivity index is 1.56. The molecule has 2 aromatic heterocycles. The number of thiazole rings is 1. The molecule has 0 atom stereocenters. The molecule has 150 valence electrons. The Labute approximate surface area is 170 Å². The van der Waals surface area contributed by atoms with Gasteiger partial charge in [0.05, 0.1) is 10.7 Å². The van der Waals surface area contributed by atoms with Gasteiger partial charge in [-0.15, -0.1) is 11.3 Å². The number of likely N-dealkylation sites (tertiary alicyclic amines) is 1. The van der Waals surface area contributed by atoms with Crippen molar-refractivity contribution in [2.24, 2.45) is 11.8 Å². The topological polar surface area (TPSA) is 75.2 Å². The van der Waals surface area contributed by atoms with Crippen LogP contribution in [-0.4, -0.2) is 39.8 Å². The van der Waals surface area contributed by atoms with Crippen molar-refractivity contribution in [3.05, 3.63) is 39.5 Å². The van der Waals surface area contributed by atoms with E-state index in [1.807, 2.05) is 30.9 Å². The molecule has 0 spiro atoms. The largest absolute Gasteiger partial charge is 0.338 e. The average Bonchev–Trinajstić information content (AvgIpc) is 3.02. The van der Waals surface area contributed by atoms with Crippen LogP contribution in [0.4, 0.5) is 5.82 Å². The summed E-state index contributed by atoms with van der Waals surface area (Å²) in [6.07, 6.45) is 3.97. The third kappa shape index (κ3) is 4.95. The molecule has 6 nitrogen and oxygen atoms in total. The average molecular weight is 401 g/mol. The van der Waals surface area contributed by atoms with Crippen LogP contribution in [0.5, 0.6) is 0 Å². The van der Waals surface area contributed by atoms with Gasteiger partial charge in [0, 0.05) is 31.6 Å². The van der Waals surface area contributed by atoms with Gasteiger partial charge in [0.15, 0.2) is 0 Å². The van der Waals surface area contributed by atoms with Crippen LogP contribution in [0, 0.1) is 25.7 Å². The van der Waals surface area contributed by atoms with Gasteiger partial charge >= 0.3 is 0 Å². The van der Waals surface area contributed by atoms with E-state index in [4.69, 9.17) is 0 Å². The minimum absolute atomic E-state index is 0.0170. The number of nitrogens with zero attached hydrogens (tertiary/aromatic N) is 3. The number of anilines is 1. The van der Waals surface area contributed by atoms with E-state index in [2.05, 4.69) is 29.1 Å². The van der Waals surface area contributed by atoms with Crippen LogP contribution in [0.25, 0.3) is 0 Å².